The molecule has 2 N–H and O–H groups in total. The molecule has 0 fully saturated rings. The third-order valence-electron chi connectivity index (χ3n) is 4.97. The second kappa shape index (κ2) is 8.64. The van der Waals surface area contributed by atoms with Gasteiger partial charge in [-0.15, -0.1) is 0 Å². The first-order valence-electron chi connectivity index (χ1n) is 9.80. The number of nitrogens with zero attached hydrogens (tertiary/aromatic N) is 2. The van der Waals surface area contributed by atoms with E-state index in [0.717, 1.165) is 32.7 Å². The summed E-state index contributed by atoms with van der Waals surface area (Å²) in [5.74, 6) is 0.167. The van der Waals surface area contributed by atoms with E-state index in [4.69, 9.17) is 11.6 Å². The predicted molar refractivity (Wildman–Crippen MR) is 129 cm³/mol. The molecule has 32 heavy (non-hydrogen) atoms. The van der Waals surface area contributed by atoms with E-state index in [9.17, 15) is 13.2 Å². The fourth-order valence-electron chi connectivity index (χ4n) is 3.42. The highest BCUT2D eigenvalue weighted by molar-refractivity contribution is 7.92. The molecule has 0 aliphatic rings. The number of anilines is 2. The Labute approximate surface area is 191 Å². The molecule has 0 saturated heterocycles. The van der Waals surface area contributed by atoms with Crippen molar-refractivity contribution < 1.29 is 13.2 Å². The number of halogens is 1. The maximum Gasteiger partial charge on any atom is 0.245 e. The average molecular weight is 469 g/mol. The molecule has 7 nitrogen and oxygen atoms in total. The minimum Gasteiger partial charge on any atom is -0.338 e. The van der Waals surface area contributed by atoms with Crippen LogP contribution in [0.2, 0.25) is 5.02 Å². The maximum absolute atomic E-state index is 12.7. The van der Waals surface area contributed by atoms with Crippen molar-refractivity contribution in [1.29, 1.82) is 0 Å². The molecule has 3 aromatic carbocycles. The van der Waals surface area contributed by atoms with E-state index in [1.54, 1.807) is 49.4 Å². The van der Waals surface area contributed by atoms with Crippen molar-refractivity contribution in [3.05, 3.63) is 77.3 Å². The summed E-state index contributed by atoms with van der Waals surface area (Å²) in [6.07, 6.45) is 1.08. The maximum atomic E-state index is 12.7. The average Bonchev–Trinajstić information content (AvgIpc) is 3.15. The van der Waals surface area contributed by atoms with E-state index in [0.29, 0.717) is 22.2 Å². The second-order valence-corrected chi connectivity index (χ2v) is 9.72. The highest BCUT2D eigenvalue weighted by atomic mass is 35.5. The molecule has 164 valence electrons. The van der Waals surface area contributed by atoms with E-state index >= 15 is 0 Å². The summed E-state index contributed by atoms with van der Waals surface area (Å²) in [6.45, 7) is 1.46. The minimum atomic E-state index is -3.65. The van der Waals surface area contributed by atoms with Gasteiger partial charge in [-0.2, -0.15) is 0 Å². The van der Waals surface area contributed by atoms with Crippen molar-refractivity contribution in [3.63, 3.8) is 0 Å². The Morgan fingerprint density at radius 1 is 1.09 bits per heavy atom. The first-order chi connectivity index (χ1) is 15.2. The molecule has 0 spiro atoms. The first-order valence-corrected chi connectivity index (χ1v) is 12.0. The van der Waals surface area contributed by atoms with Crippen LogP contribution >= 0.6 is 11.6 Å². The van der Waals surface area contributed by atoms with E-state index < -0.39 is 15.9 Å². The van der Waals surface area contributed by atoms with Crippen LogP contribution in [0.4, 0.5) is 11.4 Å². The van der Waals surface area contributed by atoms with Crippen LogP contribution in [0.5, 0.6) is 0 Å². The van der Waals surface area contributed by atoms with Crippen LogP contribution in [0.15, 0.2) is 66.7 Å². The summed E-state index contributed by atoms with van der Waals surface area (Å²) in [5, 5.41) is 3.35. The van der Waals surface area contributed by atoms with Gasteiger partial charge in [-0.05, 0) is 48.9 Å². The van der Waals surface area contributed by atoms with Crippen molar-refractivity contribution in [2.45, 2.75) is 6.92 Å². The molecule has 0 aliphatic heterocycles. The Kier molecular flexibility index (Phi) is 5.90. The fourth-order valence-corrected chi connectivity index (χ4v) is 4.56. The summed E-state index contributed by atoms with van der Waals surface area (Å²) < 4.78 is 25.8. The Balaban J connectivity index is 1.57. The smallest absolute Gasteiger partial charge is 0.245 e. The van der Waals surface area contributed by atoms with Gasteiger partial charge in [-0.1, -0.05) is 41.9 Å². The predicted octanol–water partition coefficient (Wildman–Crippen LogP) is 4.60. The lowest BCUT2D eigenvalue weighted by molar-refractivity contribution is -0.114. The van der Waals surface area contributed by atoms with Crippen molar-refractivity contribution in [2.24, 2.45) is 0 Å². The number of aryl methyl sites for hydroxylation is 1. The lowest BCUT2D eigenvalue weighted by Crippen LogP contribution is -2.37. The summed E-state index contributed by atoms with van der Waals surface area (Å²) in [5.41, 5.74) is 3.97. The minimum absolute atomic E-state index is 0.338. The number of aromatic amines is 1. The highest BCUT2D eigenvalue weighted by Crippen LogP contribution is 2.28. The number of fused-ring (bicyclic) bond motifs is 1. The first kappa shape index (κ1) is 21.9. The van der Waals surface area contributed by atoms with Crippen molar-refractivity contribution >= 4 is 49.9 Å². The second-order valence-electron chi connectivity index (χ2n) is 7.40. The highest BCUT2D eigenvalue weighted by Gasteiger charge is 2.22. The van der Waals surface area contributed by atoms with Gasteiger partial charge in [-0.25, -0.2) is 13.4 Å². The normalized spacial score (nSPS) is 11.5. The Morgan fingerprint density at radius 2 is 1.81 bits per heavy atom. The number of carbonyl (C=O) groups is 1. The topological polar surface area (TPSA) is 95.2 Å². The molecule has 0 radical (unpaired) electrons. The van der Waals surface area contributed by atoms with Crippen molar-refractivity contribution in [2.75, 3.05) is 22.4 Å². The zero-order valence-electron chi connectivity index (χ0n) is 17.5. The van der Waals surface area contributed by atoms with E-state index in [-0.39, 0.29) is 6.54 Å². The van der Waals surface area contributed by atoms with Gasteiger partial charge >= 0.3 is 0 Å². The molecule has 1 aromatic heterocycles. The molecule has 0 atom stereocenters. The zero-order chi connectivity index (χ0) is 22.9. The summed E-state index contributed by atoms with van der Waals surface area (Å²) in [7, 11) is -3.65. The van der Waals surface area contributed by atoms with Crippen molar-refractivity contribution in [1.82, 2.24) is 9.97 Å². The van der Waals surface area contributed by atoms with Crippen LogP contribution in [0.3, 0.4) is 0 Å². The standard InChI is InChI=1S/C23H21ClN4O3S/c1-15-7-3-6-10-21(15)28(32(2,30)31)14-22(29)25-16-11-12-19-20(13-16)27-23(26-19)17-8-4-5-9-18(17)24/h3-13H,14H2,1-2H3,(H,25,29)(H,26,27). The van der Waals surface area contributed by atoms with Gasteiger partial charge in [0.25, 0.3) is 0 Å². The summed E-state index contributed by atoms with van der Waals surface area (Å²) >= 11 is 6.26. The number of H-pyrrole nitrogens is 1. The summed E-state index contributed by atoms with van der Waals surface area (Å²) in [4.78, 5) is 20.5. The van der Waals surface area contributed by atoms with Crippen LogP contribution in [0, 0.1) is 6.92 Å². The Hall–Kier alpha value is -3.36. The van der Waals surface area contributed by atoms with Gasteiger partial charge in [0.05, 0.1) is 28.0 Å². The SMILES string of the molecule is Cc1ccccc1N(CC(=O)Nc1ccc2nc(-c3ccccc3Cl)[nH]c2c1)S(C)(=O)=O. The van der Waals surface area contributed by atoms with Gasteiger partial charge in [-0.3, -0.25) is 9.10 Å². The number of hydrogen-bond donors (Lipinski definition) is 2. The number of imidazole rings is 1. The molecule has 1 amide bonds. The fraction of sp³-hybridized carbons (Fsp3) is 0.130. The molecule has 0 unspecified atom stereocenters. The third kappa shape index (κ3) is 4.61. The van der Waals surface area contributed by atoms with Gasteiger partial charge in [0.15, 0.2) is 0 Å². The van der Waals surface area contributed by atoms with E-state index in [1.165, 1.54) is 0 Å². The van der Waals surface area contributed by atoms with E-state index in [2.05, 4.69) is 15.3 Å². The van der Waals surface area contributed by atoms with Crippen molar-refractivity contribution in [3.8, 4) is 11.4 Å². The number of amides is 1. The zero-order valence-corrected chi connectivity index (χ0v) is 19.0. The quantitative estimate of drug-likeness (QED) is 0.432. The number of nitrogens with one attached hydrogen (secondary N) is 2. The van der Waals surface area contributed by atoms with Gasteiger partial charge in [0.1, 0.15) is 12.4 Å². The number of benzene rings is 3. The largest absolute Gasteiger partial charge is 0.338 e. The molecule has 4 aromatic rings. The number of carbonyl (C=O) groups excluding carboxylic acids is 1. The van der Waals surface area contributed by atoms with Gasteiger partial charge in [0, 0.05) is 11.3 Å². The molecule has 9 heteroatoms. The molecule has 0 aliphatic carbocycles. The van der Waals surface area contributed by atoms with Crippen LogP contribution in [-0.4, -0.2) is 37.1 Å². The lowest BCUT2D eigenvalue weighted by atomic mass is 10.2. The Morgan fingerprint density at radius 3 is 2.53 bits per heavy atom. The van der Waals surface area contributed by atoms with Gasteiger partial charge in [0.2, 0.25) is 15.9 Å². The van der Waals surface area contributed by atoms with Crippen LogP contribution in [-0.2, 0) is 14.8 Å². The molecule has 0 saturated carbocycles. The van der Waals surface area contributed by atoms with Crippen LogP contribution in [0.1, 0.15) is 5.56 Å². The Bertz CT molecular complexity index is 1420. The number of para-hydroxylation sites is 1. The molecule has 0 bridgehead atoms. The third-order valence-corrected chi connectivity index (χ3v) is 6.42. The molecular weight excluding hydrogens is 448 g/mol. The molecule has 4 rings (SSSR count). The molecular formula is C23H21ClN4O3S. The number of hydrogen-bond acceptors (Lipinski definition) is 4. The van der Waals surface area contributed by atoms with E-state index in [1.807, 2.05) is 24.3 Å². The van der Waals surface area contributed by atoms with Crippen LogP contribution < -0.4 is 9.62 Å². The number of rotatable bonds is 6. The molecule has 1 heterocycles. The lowest BCUT2D eigenvalue weighted by Gasteiger charge is -2.23. The van der Waals surface area contributed by atoms with Crippen LogP contribution in [0.25, 0.3) is 22.4 Å². The monoisotopic (exact) mass is 468 g/mol. The number of sulfonamides is 1. The summed E-state index contributed by atoms with van der Waals surface area (Å²) in [6, 6.07) is 19.7. The van der Waals surface area contributed by atoms with Gasteiger partial charge < -0.3 is 10.3 Å². The number of aromatic nitrogens is 2.